The molecule has 3 heteroatoms. The maximum absolute atomic E-state index is 5.79. The number of nitrogens with zero attached hydrogens (tertiary/aromatic N) is 1. The Morgan fingerprint density at radius 3 is 2.90 bits per heavy atom. The first-order valence-electron chi connectivity index (χ1n) is 7.62. The zero-order valence-electron chi connectivity index (χ0n) is 12.1. The van der Waals surface area contributed by atoms with Crippen LogP contribution in [0.3, 0.4) is 0 Å². The number of hydrogen-bond acceptors (Lipinski definition) is 3. The molecule has 0 radical (unpaired) electrons. The molecule has 0 bridgehead atoms. The average molecular weight is 269 g/mol. The molecule has 0 aliphatic heterocycles. The van der Waals surface area contributed by atoms with E-state index in [0.717, 1.165) is 40.8 Å². The van der Waals surface area contributed by atoms with Gasteiger partial charge in [-0.05, 0) is 48.6 Å². The van der Waals surface area contributed by atoms with Crippen LogP contribution in [-0.2, 0) is 0 Å². The molecule has 1 aliphatic carbocycles. The molecule has 1 aliphatic rings. The van der Waals surface area contributed by atoms with Gasteiger partial charge in [-0.25, -0.2) is 4.98 Å². The molecule has 20 heavy (non-hydrogen) atoms. The highest BCUT2D eigenvalue weighted by molar-refractivity contribution is 5.83. The molecule has 0 saturated heterocycles. The highest BCUT2D eigenvalue weighted by atomic mass is 15.0. The third-order valence-corrected chi connectivity index (χ3v) is 4.55. The van der Waals surface area contributed by atoms with Crippen molar-refractivity contribution in [1.82, 2.24) is 4.98 Å². The molecule has 1 saturated carbocycles. The lowest BCUT2D eigenvalue weighted by Gasteiger charge is -2.29. The zero-order valence-corrected chi connectivity index (χ0v) is 12.1. The molecule has 0 spiro atoms. The van der Waals surface area contributed by atoms with Crippen molar-refractivity contribution in [2.24, 2.45) is 11.8 Å². The highest BCUT2D eigenvalue weighted by Crippen LogP contribution is 2.29. The monoisotopic (exact) mass is 269 g/mol. The fourth-order valence-electron chi connectivity index (χ4n) is 3.17. The van der Waals surface area contributed by atoms with Crippen LogP contribution in [0, 0.1) is 11.8 Å². The van der Waals surface area contributed by atoms with E-state index >= 15 is 0 Å². The maximum atomic E-state index is 5.79. The lowest BCUT2D eigenvalue weighted by Crippen LogP contribution is -2.24. The van der Waals surface area contributed by atoms with Gasteiger partial charge in [-0.2, -0.15) is 0 Å². The largest absolute Gasteiger partial charge is 0.399 e. The Morgan fingerprint density at radius 2 is 2.05 bits per heavy atom. The quantitative estimate of drug-likeness (QED) is 0.826. The van der Waals surface area contributed by atoms with Crippen molar-refractivity contribution in [3.8, 4) is 0 Å². The van der Waals surface area contributed by atoms with Crippen LogP contribution >= 0.6 is 0 Å². The van der Waals surface area contributed by atoms with Crippen molar-refractivity contribution in [3.63, 3.8) is 0 Å². The summed E-state index contributed by atoms with van der Waals surface area (Å²) in [4.78, 5) is 4.66. The van der Waals surface area contributed by atoms with Gasteiger partial charge in [-0.15, -0.1) is 0 Å². The topological polar surface area (TPSA) is 50.9 Å². The van der Waals surface area contributed by atoms with Crippen molar-refractivity contribution >= 4 is 22.4 Å². The van der Waals surface area contributed by atoms with Crippen LogP contribution in [0.1, 0.15) is 32.6 Å². The molecule has 1 aromatic carbocycles. The number of hydrogen-bond donors (Lipinski definition) is 2. The van der Waals surface area contributed by atoms with E-state index in [0.29, 0.717) is 0 Å². The molecule has 3 N–H and O–H groups in total. The van der Waals surface area contributed by atoms with Crippen molar-refractivity contribution in [3.05, 3.63) is 30.3 Å². The fourth-order valence-corrected chi connectivity index (χ4v) is 3.17. The Bertz CT molecular complexity index is 594. The first kappa shape index (κ1) is 13.2. The predicted molar refractivity (Wildman–Crippen MR) is 85.8 cm³/mol. The Labute approximate surface area is 120 Å². The van der Waals surface area contributed by atoms with Crippen LogP contribution in [-0.4, -0.2) is 11.5 Å². The summed E-state index contributed by atoms with van der Waals surface area (Å²) < 4.78 is 0. The van der Waals surface area contributed by atoms with Gasteiger partial charge in [-0.3, -0.25) is 0 Å². The number of nitrogens with one attached hydrogen (secondary N) is 1. The van der Waals surface area contributed by atoms with Crippen LogP contribution in [0.2, 0.25) is 0 Å². The fraction of sp³-hybridized carbons (Fsp3) is 0.471. The van der Waals surface area contributed by atoms with Crippen molar-refractivity contribution in [2.45, 2.75) is 32.6 Å². The number of pyridine rings is 1. The van der Waals surface area contributed by atoms with E-state index in [4.69, 9.17) is 5.73 Å². The average Bonchev–Trinajstić information content (AvgIpc) is 2.46. The minimum Gasteiger partial charge on any atom is -0.399 e. The number of aromatic nitrogens is 1. The summed E-state index contributed by atoms with van der Waals surface area (Å²) in [6.07, 6.45) is 5.49. The lowest BCUT2D eigenvalue weighted by atomic mass is 9.80. The third kappa shape index (κ3) is 2.87. The van der Waals surface area contributed by atoms with E-state index in [1.807, 2.05) is 18.2 Å². The van der Waals surface area contributed by atoms with Crippen molar-refractivity contribution in [1.29, 1.82) is 0 Å². The molecule has 106 valence electrons. The van der Waals surface area contributed by atoms with E-state index in [1.54, 1.807) is 0 Å². The van der Waals surface area contributed by atoms with Crippen LogP contribution < -0.4 is 11.1 Å². The summed E-state index contributed by atoms with van der Waals surface area (Å²) in [6, 6.07) is 10.00. The smallest absolute Gasteiger partial charge is 0.126 e. The summed E-state index contributed by atoms with van der Waals surface area (Å²) in [5.41, 5.74) is 7.58. The van der Waals surface area contributed by atoms with Crippen LogP contribution in [0.5, 0.6) is 0 Å². The van der Waals surface area contributed by atoms with Gasteiger partial charge in [-0.1, -0.05) is 26.2 Å². The van der Waals surface area contributed by atoms with Gasteiger partial charge in [0.1, 0.15) is 5.82 Å². The van der Waals surface area contributed by atoms with Gasteiger partial charge in [0.25, 0.3) is 0 Å². The van der Waals surface area contributed by atoms with E-state index in [1.165, 1.54) is 25.7 Å². The normalized spacial score (nSPS) is 22.9. The summed E-state index contributed by atoms with van der Waals surface area (Å²) in [7, 11) is 0. The second kappa shape index (κ2) is 5.70. The van der Waals surface area contributed by atoms with Crippen LogP contribution in [0.4, 0.5) is 11.5 Å². The second-order valence-electron chi connectivity index (χ2n) is 6.05. The van der Waals surface area contributed by atoms with E-state index in [2.05, 4.69) is 29.4 Å². The lowest BCUT2D eigenvalue weighted by molar-refractivity contribution is 0.268. The summed E-state index contributed by atoms with van der Waals surface area (Å²) in [5.74, 6) is 2.59. The molecule has 1 aromatic heterocycles. The molecule has 0 amide bonds. The van der Waals surface area contributed by atoms with Gasteiger partial charge < -0.3 is 11.1 Å². The number of benzene rings is 1. The molecule has 3 rings (SSSR count). The summed E-state index contributed by atoms with van der Waals surface area (Å²) in [6.45, 7) is 3.41. The minimum atomic E-state index is 0.785. The second-order valence-corrected chi connectivity index (χ2v) is 6.05. The third-order valence-electron chi connectivity index (χ3n) is 4.55. The number of nitrogens with two attached hydrogens (primary N) is 1. The van der Waals surface area contributed by atoms with Gasteiger partial charge >= 0.3 is 0 Å². The maximum Gasteiger partial charge on any atom is 0.126 e. The molecule has 2 unspecified atom stereocenters. The highest BCUT2D eigenvalue weighted by Gasteiger charge is 2.20. The first-order valence-corrected chi connectivity index (χ1v) is 7.62. The first-order chi connectivity index (χ1) is 9.72. The molecule has 2 atom stereocenters. The molecular formula is C17H23N3. The standard InChI is InChI=1S/C17H23N3/c1-12-4-2-3-5-14(12)11-19-17-9-6-13-10-15(18)7-8-16(13)20-17/h6-10,12,14H,2-5,11,18H2,1H3,(H,19,20). The Hall–Kier alpha value is -1.77. The molecule has 1 fully saturated rings. The minimum absolute atomic E-state index is 0.785. The van der Waals surface area contributed by atoms with E-state index in [9.17, 15) is 0 Å². The number of nitrogen functional groups attached to an aromatic ring is 1. The number of fused-ring (bicyclic) bond motifs is 1. The van der Waals surface area contributed by atoms with E-state index in [-0.39, 0.29) is 0 Å². The van der Waals surface area contributed by atoms with E-state index < -0.39 is 0 Å². The van der Waals surface area contributed by atoms with Gasteiger partial charge in [0.15, 0.2) is 0 Å². The summed E-state index contributed by atoms with van der Waals surface area (Å²) >= 11 is 0. The SMILES string of the molecule is CC1CCCCC1CNc1ccc2cc(N)ccc2n1. The molecule has 1 heterocycles. The van der Waals surface area contributed by atoms with Gasteiger partial charge in [0, 0.05) is 17.6 Å². The predicted octanol–water partition coefficient (Wildman–Crippen LogP) is 4.06. The Balaban J connectivity index is 1.69. The Morgan fingerprint density at radius 1 is 1.20 bits per heavy atom. The van der Waals surface area contributed by atoms with Crippen molar-refractivity contribution < 1.29 is 0 Å². The Kier molecular flexibility index (Phi) is 3.77. The van der Waals surface area contributed by atoms with Gasteiger partial charge in [0.05, 0.1) is 5.52 Å². The number of rotatable bonds is 3. The molecular weight excluding hydrogens is 246 g/mol. The molecule has 2 aromatic rings. The zero-order chi connectivity index (χ0) is 13.9. The molecule has 3 nitrogen and oxygen atoms in total. The van der Waals surface area contributed by atoms with Crippen molar-refractivity contribution in [2.75, 3.05) is 17.6 Å². The summed E-state index contributed by atoms with van der Waals surface area (Å²) in [5, 5.41) is 4.61. The van der Waals surface area contributed by atoms with Gasteiger partial charge in [0.2, 0.25) is 0 Å². The van der Waals surface area contributed by atoms with Crippen LogP contribution in [0.15, 0.2) is 30.3 Å². The van der Waals surface area contributed by atoms with Crippen LogP contribution in [0.25, 0.3) is 10.9 Å². The number of anilines is 2.